The number of hydrogen-bond acceptors (Lipinski definition) is 0. The second-order valence-corrected chi connectivity index (χ2v) is 19.3. The first-order valence-electron chi connectivity index (χ1n) is 18.1. The van der Waals surface area contributed by atoms with Gasteiger partial charge in [0.05, 0.1) is 0 Å². The van der Waals surface area contributed by atoms with E-state index in [1.807, 2.05) is 0 Å². The SMILES string of the molecule is CC1CC(C(C)(C)C)CC1[C@@H](c1ccc2ccccc2c1)C1C2CCC(C(C)(C)C)CC2C2CC(C(C)(C)C)CCC21. The standard InChI is InChI=1S/C42H64/c1-26-21-32(42(8,9)10)25-35(26)38(29-16-15-27-13-11-12-14-28(27)22-29)39-33-19-17-30(40(2,3)4)23-36(33)37-24-31(41(5,6)7)18-20-34(37)39/h11-16,22,26,30-39H,17-21,23-25H2,1-10H3/t26?,30?,31?,32?,33?,34?,35?,36?,37?,38-,39?/m1/s1. The average molecular weight is 569 g/mol. The third kappa shape index (κ3) is 5.65. The molecule has 232 valence electrons. The molecule has 9 unspecified atom stereocenters. The van der Waals surface area contributed by atoms with E-state index < -0.39 is 0 Å². The smallest absolute Gasteiger partial charge is 0.00969 e. The molecule has 4 aliphatic rings. The Balaban J connectivity index is 1.44. The lowest BCUT2D eigenvalue weighted by Gasteiger charge is -2.44. The van der Waals surface area contributed by atoms with Gasteiger partial charge in [0.2, 0.25) is 0 Å². The number of fused-ring (bicyclic) bond motifs is 4. The van der Waals surface area contributed by atoms with Gasteiger partial charge in [0.1, 0.15) is 0 Å². The van der Waals surface area contributed by atoms with Crippen LogP contribution >= 0.6 is 0 Å². The molecule has 0 N–H and O–H groups in total. The molecule has 4 fully saturated rings. The summed E-state index contributed by atoms with van der Waals surface area (Å²) in [6.45, 7) is 25.4. The molecule has 6 rings (SSSR count). The Morgan fingerprint density at radius 2 is 1.07 bits per heavy atom. The minimum atomic E-state index is 0.410. The van der Waals surface area contributed by atoms with Crippen molar-refractivity contribution in [2.75, 3.05) is 0 Å². The van der Waals surface area contributed by atoms with Gasteiger partial charge in [-0.25, -0.2) is 0 Å². The third-order valence-corrected chi connectivity index (χ3v) is 14.1. The number of hydrogen-bond donors (Lipinski definition) is 0. The molecule has 10 atom stereocenters. The Labute approximate surface area is 260 Å². The van der Waals surface area contributed by atoms with E-state index in [4.69, 9.17) is 0 Å². The van der Waals surface area contributed by atoms with Crippen LogP contribution in [-0.4, -0.2) is 0 Å². The highest BCUT2D eigenvalue weighted by atomic mass is 14.6. The van der Waals surface area contributed by atoms with Gasteiger partial charge in [0.25, 0.3) is 0 Å². The molecule has 0 saturated heterocycles. The predicted octanol–water partition coefficient (Wildman–Crippen LogP) is 12.4. The van der Waals surface area contributed by atoms with Gasteiger partial charge in [-0.15, -0.1) is 0 Å². The quantitative estimate of drug-likeness (QED) is 0.345. The van der Waals surface area contributed by atoms with Crippen LogP contribution in [0, 0.1) is 75.4 Å². The molecule has 0 amide bonds. The number of benzene rings is 2. The maximum absolute atomic E-state index is 2.65. The van der Waals surface area contributed by atoms with Crippen molar-refractivity contribution in [1.29, 1.82) is 0 Å². The summed E-state index contributed by atoms with van der Waals surface area (Å²) in [5, 5.41) is 2.86. The van der Waals surface area contributed by atoms with Crippen LogP contribution in [0.3, 0.4) is 0 Å². The summed E-state index contributed by atoms with van der Waals surface area (Å²) >= 11 is 0. The summed E-state index contributed by atoms with van der Waals surface area (Å²) in [7, 11) is 0. The van der Waals surface area contributed by atoms with Gasteiger partial charge in [-0.05, 0) is 149 Å². The third-order valence-electron chi connectivity index (χ3n) is 14.1. The number of rotatable bonds is 3. The molecule has 0 nitrogen and oxygen atoms in total. The molecule has 0 spiro atoms. The van der Waals surface area contributed by atoms with Gasteiger partial charge >= 0.3 is 0 Å². The normalized spacial score (nSPS) is 38.3. The van der Waals surface area contributed by atoms with E-state index in [-0.39, 0.29) is 0 Å². The fourth-order valence-corrected chi connectivity index (χ4v) is 11.5. The molecule has 0 heteroatoms. The van der Waals surface area contributed by atoms with Crippen LogP contribution in [-0.2, 0) is 0 Å². The molecule has 0 aromatic heterocycles. The van der Waals surface area contributed by atoms with Crippen LogP contribution in [0.25, 0.3) is 10.8 Å². The van der Waals surface area contributed by atoms with E-state index in [2.05, 4.69) is 112 Å². The van der Waals surface area contributed by atoms with E-state index >= 15 is 0 Å². The van der Waals surface area contributed by atoms with Crippen molar-refractivity contribution in [3.63, 3.8) is 0 Å². The molecule has 4 aliphatic carbocycles. The summed E-state index contributed by atoms with van der Waals surface area (Å²) in [6, 6.07) is 16.9. The summed E-state index contributed by atoms with van der Waals surface area (Å²) in [4.78, 5) is 0. The fraction of sp³-hybridized carbons (Fsp3) is 0.762. The molecule has 0 heterocycles. The first-order chi connectivity index (χ1) is 19.6. The molecule has 2 aromatic carbocycles. The van der Waals surface area contributed by atoms with Crippen molar-refractivity contribution in [3.8, 4) is 0 Å². The van der Waals surface area contributed by atoms with E-state index in [1.165, 1.54) is 62.1 Å². The van der Waals surface area contributed by atoms with Crippen LogP contribution in [0.1, 0.15) is 132 Å². The van der Waals surface area contributed by atoms with Gasteiger partial charge < -0.3 is 0 Å². The molecular formula is C42H64. The van der Waals surface area contributed by atoms with E-state index in [1.54, 1.807) is 5.56 Å². The van der Waals surface area contributed by atoms with Crippen LogP contribution in [0.5, 0.6) is 0 Å². The average Bonchev–Trinajstić information content (AvgIpc) is 3.46. The van der Waals surface area contributed by atoms with Crippen LogP contribution in [0.15, 0.2) is 42.5 Å². The molecule has 4 saturated carbocycles. The lowest BCUT2D eigenvalue weighted by Crippen LogP contribution is -2.35. The van der Waals surface area contributed by atoms with Gasteiger partial charge in [0.15, 0.2) is 0 Å². The van der Waals surface area contributed by atoms with Crippen LogP contribution in [0.2, 0.25) is 0 Å². The van der Waals surface area contributed by atoms with Crippen LogP contribution in [0.4, 0.5) is 0 Å². The minimum Gasteiger partial charge on any atom is -0.0622 e. The fourth-order valence-electron chi connectivity index (χ4n) is 11.5. The van der Waals surface area contributed by atoms with Crippen molar-refractivity contribution < 1.29 is 0 Å². The Morgan fingerprint density at radius 3 is 1.57 bits per heavy atom. The highest BCUT2D eigenvalue weighted by Crippen LogP contribution is 2.67. The lowest BCUT2D eigenvalue weighted by molar-refractivity contribution is 0.0542. The van der Waals surface area contributed by atoms with Gasteiger partial charge in [0, 0.05) is 0 Å². The first-order valence-corrected chi connectivity index (χ1v) is 18.1. The van der Waals surface area contributed by atoms with Crippen molar-refractivity contribution in [2.45, 2.75) is 127 Å². The molecule has 42 heavy (non-hydrogen) atoms. The zero-order chi connectivity index (χ0) is 30.2. The zero-order valence-electron chi connectivity index (χ0n) is 29.0. The maximum atomic E-state index is 2.65. The molecule has 0 radical (unpaired) electrons. The van der Waals surface area contributed by atoms with E-state index in [0.717, 1.165) is 65.1 Å². The maximum Gasteiger partial charge on any atom is -0.00969 e. The Hall–Kier alpha value is -1.30. The summed E-state index contributed by atoms with van der Waals surface area (Å²) in [5.74, 6) is 9.60. The first kappa shape index (κ1) is 30.7. The summed E-state index contributed by atoms with van der Waals surface area (Å²) in [6.07, 6.45) is 11.7. The van der Waals surface area contributed by atoms with E-state index in [9.17, 15) is 0 Å². The largest absolute Gasteiger partial charge is 0.0622 e. The molecule has 2 aromatic rings. The Morgan fingerprint density at radius 1 is 0.548 bits per heavy atom. The Kier molecular flexibility index (Phi) is 8.01. The highest BCUT2D eigenvalue weighted by molar-refractivity contribution is 5.83. The van der Waals surface area contributed by atoms with Crippen molar-refractivity contribution >= 4 is 10.8 Å². The second-order valence-electron chi connectivity index (χ2n) is 19.3. The van der Waals surface area contributed by atoms with Gasteiger partial charge in [-0.2, -0.15) is 0 Å². The van der Waals surface area contributed by atoms with Gasteiger partial charge in [-0.3, -0.25) is 0 Å². The van der Waals surface area contributed by atoms with E-state index in [0.29, 0.717) is 16.2 Å². The summed E-state index contributed by atoms with van der Waals surface area (Å²) < 4.78 is 0. The van der Waals surface area contributed by atoms with Crippen molar-refractivity contribution in [3.05, 3.63) is 48.0 Å². The molecule has 0 bridgehead atoms. The minimum absolute atomic E-state index is 0.410. The second kappa shape index (κ2) is 10.9. The Bertz CT molecular complexity index is 1190. The summed E-state index contributed by atoms with van der Waals surface area (Å²) in [5.41, 5.74) is 2.98. The lowest BCUT2D eigenvalue weighted by atomic mass is 9.61. The molecular weight excluding hydrogens is 504 g/mol. The predicted molar refractivity (Wildman–Crippen MR) is 183 cm³/mol. The monoisotopic (exact) mass is 569 g/mol. The van der Waals surface area contributed by atoms with Crippen molar-refractivity contribution in [1.82, 2.24) is 0 Å². The van der Waals surface area contributed by atoms with Crippen molar-refractivity contribution in [2.24, 2.45) is 75.4 Å². The highest BCUT2D eigenvalue weighted by Gasteiger charge is 2.59. The zero-order valence-corrected chi connectivity index (χ0v) is 29.0. The van der Waals surface area contributed by atoms with Crippen LogP contribution < -0.4 is 0 Å². The molecule has 0 aliphatic heterocycles. The topological polar surface area (TPSA) is 0 Å². The van der Waals surface area contributed by atoms with Gasteiger partial charge in [-0.1, -0.05) is 112 Å².